The lowest BCUT2D eigenvalue weighted by Crippen LogP contribution is -2.42. The van der Waals surface area contributed by atoms with Crippen molar-refractivity contribution in [2.24, 2.45) is 0 Å². The molecule has 0 spiro atoms. The summed E-state index contributed by atoms with van der Waals surface area (Å²) in [7, 11) is 1.32. The van der Waals surface area contributed by atoms with Crippen molar-refractivity contribution in [3.63, 3.8) is 0 Å². The molecular weight excluding hydrogens is 590 g/mol. The number of β-amino-alcohol motifs (C(OH)–C–C–N with tert-alkyl or cyclic N) is 1. The van der Waals surface area contributed by atoms with Gasteiger partial charge in [-0.25, -0.2) is 4.98 Å². The third-order valence-electron chi connectivity index (χ3n) is 7.29. The van der Waals surface area contributed by atoms with Crippen molar-refractivity contribution in [3.05, 3.63) is 70.5 Å². The summed E-state index contributed by atoms with van der Waals surface area (Å²) in [4.78, 5) is 25.3. The van der Waals surface area contributed by atoms with E-state index in [2.05, 4.69) is 9.97 Å². The number of pyridine rings is 2. The maximum atomic E-state index is 13.8. The summed E-state index contributed by atoms with van der Waals surface area (Å²) in [6, 6.07) is 5.32. The van der Waals surface area contributed by atoms with Crippen LogP contribution in [0.4, 0.5) is 37.8 Å². The summed E-state index contributed by atoms with van der Waals surface area (Å²) in [5.74, 6) is -0.499. The van der Waals surface area contributed by atoms with E-state index in [-0.39, 0.29) is 41.2 Å². The van der Waals surface area contributed by atoms with Crippen LogP contribution in [0.3, 0.4) is 0 Å². The zero-order chi connectivity index (χ0) is 31.2. The van der Waals surface area contributed by atoms with E-state index in [1.165, 1.54) is 33.3 Å². The highest BCUT2D eigenvalue weighted by Gasteiger charge is 2.41. The molecule has 4 rings (SSSR count). The van der Waals surface area contributed by atoms with Gasteiger partial charge in [0.2, 0.25) is 5.91 Å². The number of aromatic nitrogens is 2. The lowest BCUT2D eigenvalue weighted by Gasteiger charge is -2.32. The van der Waals surface area contributed by atoms with Crippen molar-refractivity contribution in [3.8, 4) is 11.3 Å². The highest BCUT2D eigenvalue weighted by atomic mass is 35.5. The number of alkyl halides is 6. The number of likely N-dealkylation sites (N-methyl/N-ethyl adjacent to an activating group) is 1. The summed E-state index contributed by atoms with van der Waals surface area (Å²) >= 11 is 6.42. The molecule has 14 heteroatoms. The van der Waals surface area contributed by atoms with Crippen LogP contribution in [0.2, 0.25) is 5.02 Å². The Labute approximate surface area is 242 Å². The monoisotopic (exact) mass is 616 g/mol. The number of aliphatic hydroxyl groups excluding tert-OH is 2. The van der Waals surface area contributed by atoms with E-state index in [0.29, 0.717) is 24.4 Å². The second-order valence-corrected chi connectivity index (χ2v) is 11.0. The molecule has 42 heavy (non-hydrogen) atoms. The first-order valence-corrected chi connectivity index (χ1v) is 13.1. The normalized spacial score (nSPS) is 18.0. The summed E-state index contributed by atoms with van der Waals surface area (Å²) in [6.07, 6.45) is -7.84. The van der Waals surface area contributed by atoms with Gasteiger partial charge in [0, 0.05) is 25.4 Å². The van der Waals surface area contributed by atoms with Crippen LogP contribution in [-0.2, 0) is 22.6 Å². The number of hydrogen-bond donors (Lipinski definition) is 2. The van der Waals surface area contributed by atoms with E-state index in [9.17, 15) is 41.4 Å². The topological polar surface area (TPSA) is 89.8 Å². The van der Waals surface area contributed by atoms with Gasteiger partial charge in [-0.1, -0.05) is 11.6 Å². The molecule has 2 N–H and O–H groups in total. The van der Waals surface area contributed by atoms with Gasteiger partial charge in [-0.05, 0) is 62.2 Å². The van der Waals surface area contributed by atoms with Crippen molar-refractivity contribution in [2.45, 2.75) is 50.2 Å². The number of carbonyl (C=O) groups is 1. The van der Waals surface area contributed by atoms with Gasteiger partial charge in [-0.2, -0.15) is 26.3 Å². The fourth-order valence-corrected chi connectivity index (χ4v) is 5.17. The minimum atomic E-state index is -5.08. The number of amides is 1. The summed E-state index contributed by atoms with van der Waals surface area (Å²) in [6.45, 7) is 2.37. The molecule has 0 bridgehead atoms. The standard InChI is InChI=1S/C28H27ClF6N4O3/c1-26(2,15-7-16(27(30,31)32)9-17(8-15)28(33,34)35)25(42)38(3)22-12-37-23(39-13-19(41)10-18(39)14-40)11-20(22)24-21(29)5-4-6-36-24/h4-9,11-12,18-19,40-41H,10,13-14H2,1-3H3/t18-,19-/m0/s1. The van der Waals surface area contributed by atoms with Gasteiger partial charge in [0.05, 0.1) is 57.9 Å². The van der Waals surface area contributed by atoms with E-state index < -0.39 is 52.5 Å². The smallest absolute Gasteiger partial charge is 0.394 e. The third kappa shape index (κ3) is 6.18. The predicted octanol–water partition coefficient (Wildman–Crippen LogP) is 5.71. The first kappa shape index (κ1) is 31.5. The van der Waals surface area contributed by atoms with Crippen LogP contribution in [0.25, 0.3) is 11.3 Å². The molecule has 1 aliphatic rings. The molecule has 1 aromatic carbocycles. The van der Waals surface area contributed by atoms with Gasteiger partial charge in [0.1, 0.15) is 5.82 Å². The van der Waals surface area contributed by atoms with Gasteiger partial charge in [0.15, 0.2) is 0 Å². The molecule has 3 heterocycles. The molecule has 1 aliphatic heterocycles. The Hall–Kier alpha value is -3.42. The van der Waals surface area contributed by atoms with E-state index in [0.717, 1.165) is 4.90 Å². The average molecular weight is 617 g/mol. The minimum absolute atomic E-state index is 0.00648. The molecule has 2 atom stereocenters. The average Bonchev–Trinajstić information content (AvgIpc) is 3.31. The second-order valence-electron chi connectivity index (χ2n) is 10.6. The SMILES string of the molecule is CN(C(=O)C(C)(C)c1cc(C(F)(F)F)cc(C(F)(F)F)c1)c1cnc(N2C[C@@H](O)C[C@H]2CO)cc1-c1ncccc1Cl. The van der Waals surface area contributed by atoms with Gasteiger partial charge in [0.25, 0.3) is 0 Å². The number of rotatable bonds is 6. The van der Waals surface area contributed by atoms with E-state index in [1.807, 2.05) is 0 Å². The number of hydrogen-bond acceptors (Lipinski definition) is 6. The maximum absolute atomic E-state index is 13.8. The number of carbonyl (C=O) groups excluding carboxylic acids is 1. The van der Waals surface area contributed by atoms with Crippen molar-refractivity contribution in [1.29, 1.82) is 0 Å². The summed E-state index contributed by atoms with van der Waals surface area (Å²) < 4.78 is 81.3. The lowest BCUT2D eigenvalue weighted by molar-refractivity contribution is -0.143. The van der Waals surface area contributed by atoms with Crippen LogP contribution in [0.15, 0.2) is 48.8 Å². The van der Waals surface area contributed by atoms with Gasteiger partial charge in [-0.15, -0.1) is 0 Å². The number of aliphatic hydroxyl groups is 2. The molecule has 0 saturated carbocycles. The second kappa shape index (κ2) is 11.3. The van der Waals surface area contributed by atoms with Crippen molar-refractivity contribution in [1.82, 2.24) is 9.97 Å². The number of anilines is 2. The Balaban J connectivity index is 1.82. The molecule has 0 radical (unpaired) electrons. The first-order valence-electron chi connectivity index (χ1n) is 12.7. The lowest BCUT2D eigenvalue weighted by atomic mass is 9.81. The fourth-order valence-electron chi connectivity index (χ4n) is 4.95. The maximum Gasteiger partial charge on any atom is 0.416 e. The van der Waals surface area contributed by atoms with Crippen molar-refractivity contribution < 1.29 is 41.4 Å². The molecule has 3 aromatic rings. The highest BCUT2D eigenvalue weighted by molar-refractivity contribution is 6.33. The Morgan fingerprint density at radius 1 is 1.05 bits per heavy atom. The van der Waals surface area contributed by atoms with Crippen LogP contribution in [0.5, 0.6) is 0 Å². The van der Waals surface area contributed by atoms with Crippen LogP contribution in [0, 0.1) is 0 Å². The minimum Gasteiger partial charge on any atom is -0.394 e. The first-order chi connectivity index (χ1) is 19.4. The Morgan fingerprint density at radius 2 is 1.64 bits per heavy atom. The van der Waals surface area contributed by atoms with Crippen LogP contribution in [-0.4, -0.2) is 58.4 Å². The van der Waals surface area contributed by atoms with E-state index in [4.69, 9.17) is 11.6 Å². The number of benzene rings is 1. The predicted molar refractivity (Wildman–Crippen MR) is 144 cm³/mol. The van der Waals surface area contributed by atoms with Crippen LogP contribution >= 0.6 is 11.6 Å². The zero-order valence-electron chi connectivity index (χ0n) is 22.6. The Bertz CT molecular complexity index is 1450. The summed E-state index contributed by atoms with van der Waals surface area (Å²) in [5, 5.41) is 20.1. The van der Waals surface area contributed by atoms with Gasteiger partial charge >= 0.3 is 12.4 Å². The molecule has 0 unspecified atom stereocenters. The van der Waals surface area contributed by atoms with Crippen LogP contribution < -0.4 is 9.80 Å². The number of nitrogens with zero attached hydrogens (tertiary/aromatic N) is 4. The van der Waals surface area contributed by atoms with Gasteiger partial charge < -0.3 is 20.0 Å². The van der Waals surface area contributed by atoms with Crippen LogP contribution in [0.1, 0.15) is 37.0 Å². The summed E-state index contributed by atoms with van der Waals surface area (Å²) in [5.41, 5.74) is -4.77. The van der Waals surface area contributed by atoms with E-state index in [1.54, 1.807) is 23.1 Å². The molecular formula is C28H27ClF6N4O3. The largest absolute Gasteiger partial charge is 0.416 e. The Morgan fingerprint density at radius 3 is 2.19 bits per heavy atom. The molecule has 1 fully saturated rings. The van der Waals surface area contributed by atoms with Crippen molar-refractivity contribution in [2.75, 3.05) is 30.0 Å². The molecule has 2 aromatic heterocycles. The van der Waals surface area contributed by atoms with E-state index >= 15 is 0 Å². The molecule has 0 aliphatic carbocycles. The molecule has 1 saturated heterocycles. The van der Waals surface area contributed by atoms with Crippen molar-refractivity contribution >= 4 is 29.0 Å². The zero-order valence-corrected chi connectivity index (χ0v) is 23.4. The fraction of sp³-hybridized carbons (Fsp3) is 0.393. The molecule has 7 nitrogen and oxygen atoms in total. The number of halogens is 7. The van der Waals surface area contributed by atoms with Gasteiger partial charge in [-0.3, -0.25) is 9.78 Å². The molecule has 1 amide bonds. The highest BCUT2D eigenvalue weighted by Crippen LogP contribution is 2.41. The third-order valence-corrected chi connectivity index (χ3v) is 7.59. The quantitative estimate of drug-likeness (QED) is 0.345. The molecule has 226 valence electrons. The Kier molecular flexibility index (Phi) is 8.51.